The molecule has 1 fully saturated rings. The number of thiocarbonyl (C=S) groups is 1. The van der Waals surface area contributed by atoms with Gasteiger partial charge in [-0.3, -0.25) is 9.78 Å². The Bertz CT molecular complexity index is 1370. The van der Waals surface area contributed by atoms with E-state index < -0.39 is 0 Å². The number of hydrogen-bond acceptors (Lipinski definition) is 4. The first kappa shape index (κ1) is 24.0. The molecule has 1 aliphatic heterocycles. The third-order valence-corrected chi connectivity index (χ3v) is 6.73. The predicted octanol–water partition coefficient (Wildman–Crippen LogP) is 6.30. The van der Waals surface area contributed by atoms with Crippen LogP contribution in [0.3, 0.4) is 0 Å². The number of carbonyl (C=O) groups is 1. The number of pyridine rings is 1. The summed E-state index contributed by atoms with van der Waals surface area (Å²) in [5.41, 5.74) is 3.65. The lowest BCUT2D eigenvalue weighted by Crippen LogP contribution is -2.32. The van der Waals surface area contributed by atoms with Gasteiger partial charge in [-0.2, -0.15) is 0 Å². The van der Waals surface area contributed by atoms with Crippen molar-refractivity contribution in [2.75, 3.05) is 11.9 Å². The molecule has 0 bridgehead atoms. The molecule has 2 aromatic heterocycles. The maximum absolute atomic E-state index is 12.8. The first-order valence-electron chi connectivity index (χ1n) is 11.7. The van der Waals surface area contributed by atoms with Gasteiger partial charge in [0, 0.05) is 35.4 Å². The number of furan rings is 1. The number of anilines is 1. The fourth-order valence-electron chi connectivity index (χ4n) is 4.40. The molecule has 182 valence electrons. The molecular weight excluding hydrogens is 492 g/mol. The van der Waals surface area contributed by atoms with Gasteiger partial charge in [0.15, 0.2) is 5.11 Å². The normalized spacial score (nSPS) is 17.2. The maximum Gasteiger partial charge on any atom is 0.226 e. The van der Waals surface area contributed by atoms with Crippen LogP contribution in [0.5, 0.6) is 0 Å². The number of rotatable bonds is 7. The van der Waals surface area contributed by atoms with Gasteiger partial charge in [0.05, 0.1) is 11.7 Å². The summed E-state index contributed by atoms with van der Waals surface area (Å²) >= 11 is 11.8. The van der Waals surface area contributed by atoms with Gasteiger partial charge in [-0.25, -0.2) is 0 Å². The zero-order valence-corrected chi connectivity index (χ0v) is 21.2. The SMILES string of the molecule is Cc1cccc(NC(=O)CCN2C(=S)N[C@@H](c3ccccn3)[C@@H]2c2ccc(-c3ccc(Cl)cc3)o2)c1. The van der Waals surface area contributed by atoms with E-state index in [4.69, 9.17) is 28.2 Å². The van der Waals surface area contributed by atoms with Gasteiger partial charge < -0.3 is 20.0 Å². The molecule has 0 saturated carbocycles. The second kappa shape index (κ2) is 10.5. The van der Waals surface area contributed by atoms with Gasteiger partial charge in [-0.05, 0) is 85.4 Å². The summed E-state index contributed by atoms with van der Waals surface area (Å²) in [6.07, 6.45) is 2.03. The summed E-state index contributed by atoms with van der Waals surface area (Å²) in [4.78, 5) is 19.3. The number of nitrogens with zero attached hydrogens (tertiary/aromatic N) is 2. The highest BCUT2D eigenvalue weighted by molar-refractivity contribution is 7.80. The second-order valence-electron chi connectivity index (χ2n) is 8.70. The van der Waals surface area contributed by atoms with E-state index in [2.05, 4.69) is 15.6 Å². The summed E-state index contributed by atoms with van der Waals surface area (Å²) in [6.45, 7) is 2.42. The number of carbonyl (C=O) groups excluding carboxylic acids is 1. The molecule has 3 heterocycles. The summed E-state index contributed by atoms with van der Waals surface area (Å²) in [5.74, 6) is 1.39. The van der Waals surface area contributed by atoms with Gasteiger partial charge in [0.25, 0.3) is 0 Å². The first-order valence-corrected chi connectivity index (χ1v) is 12.5. The Kier molecular flexibility index (Phi) is 7.02. The number of nitrogens with one attached hydrogen (secondary N) is 2. The lowest BCUT2D eigenvalue weighted by atomic mass is 10.0. The Morgan fingerprint density at radius 3 is 2.69 bits per heavy atom. The van der Waals surface area contributed by atoms with Crippen LogP contribution in [0, 0.1) is 6.92 Å². The molecule has 6 nitrogen and oxygen atoms in total. The summed E-state index contributed by atoms with van der Waals surface area (Å²) < 4.78 is 6.33. The van der Waals surface area contributed by atoms with E-state index in [0.717, 1.165) is 34.0 Å². The highest BCUT2D eigenvalue weighted by Crippen LogP contribution is 2.40. The van der Waals surface area contributed by atoms with Crippen molar-refractivity contribution >= 4 is 40.5 Å². The topological polar surface area (TPSA) is 70.4 Å². The molecule has 0 unspecified atom stereocenters. The lowest BCUT2D eigenvalue weighted by Gasteiger charge is -2.25. The molecule has 1 amide bonds. The number of aryl methyl sites for hydroxylation is 1. The third-order valence-electron chi connectivity index (χ3n) is 6.13. The summed E-state index contributed by atoms with van der Waals surface area (Å²) in [7, 11) is 0. The van der Waals surface area contributed by atoms with E-state index in [-0.39, 0.29) is 24.4 Å². The zero-order valence-electron chi connectivity index (χ0n) is 19.6. The molecule has 0 radical (unpaired) electrons. The van der Waals surface area contributed by atoms with Gasteiger partial charge in [-0.15, -0.1) is 0 Å². The van der Waals surface area contributed by atoms with Crippen LogP contribution in [-0.4, -0.2) is 27.4 Å². The average molecular weight is 517 g/mol. The van der Waals surface area contributed by atoms with Crippen LogP contribution in [0.15, 0.2) is 89.5 Å². The van der Waals surface area contributed by atoms with Gasteiger partial charge in [0.1, 0.15) is 17.6 Å². The fraction of sp³-hybridized carbons (Fsp3) is 0.179. The minimum Gasteiger partial charge on any atom is -0.459 e. The van der Waals surface area contributed by atoms with Gasteiger partial charge in [0.2, 0.25) is 5.91 Å². The smallest absolute Gasteiger partial charge is 0.226 e. The molecule has 8 heteroatoms. The molecule has 4 aromatic rings. The highest BCUT2D eigenvalue weighted by atomic mass is 35.5. The zero-order chi connectivity index (χ0) is 25.1. The Morgan fingerprint density at radius 2 is 1.94 bits per heavy atom. The number of benzene rings is 2. The van der Waals surface area contributed by atoms with E-state index >= 15 is 0 Å². The summed E-state index contributed by atoms with van der Waals surface area (Å²) in [5, 5.41) is 7.59. The van der Waals surface area contributed by atoms with Crippen molar-refractivity contribution in [3.8, 4) is 11.3 Å². The molecule has 5 rings (SSSR count). The van der Waals surface area contributed by atoms with E-state index in [1.807, 2.05) is 90.7 Å². The maximum atomic E-state index is 12.8. The highest BCUT2D eigenvalue weighted by Gasteiger charge is 2.41. The van der Waals surface area contributed by atoms with Crippen LogP contribution in [0.4, 0.5) is 5.69 Å². The van der Waals surface area contributed by atoms with Crippen LogP contribution in [0.2, 0.25) is 5.02 Å². The van der Waals surface area contributed by atoms with Crippen molar-refractivity contribution in [3.63, 3.8) is 0 Å². The van der Waals surface area contributed by atoms with E-state index in [0.29, 0.717) is 16.7 Å². The van der Waals surface area contributed by atoms with Crippen molar-refractivity contribution in [1.82, 2.24) is 15.2 Å². The Morgan fingerprint density at radius 1 is 1.11 bits per heavy atom. The van der Waals surface area contributed by atoms with Gasteiger partial charge >= 0.3 is 0 Å². The Hall–Kier alpha value is -3.68. The molecule has 36 heavy (non-hydrogen) atoms. The average Bonchev–Trinajstić information content (AvgIpc) is 3.48. The van der Waals surface area contributed by atoms with E-state index in [9.17, 15) is 4.79 Å². The van der Waals surface area contributed by atoms with E-state index in [1.54, 1.807) is 6.20 Å². The van der Waals surface area contributed by atoms with Crippen molar-refractivity contribution in [2.24, 2.45) is 0 Å². The Balaban J connectivity index is 1.39. The minimum absolute atomic E-state index is 0.0789. The second-order valence-corrected chi connectivity index (χ2v) is 9.52. The van der Waals surface area contributed by atoms with Crippen molar-refractivity contribution in [3.05, 3.63) is 107 Å². The van der Waals surface area contributed by atoms with Crippen LogP contribution in [0.1, 0.15) is 35.5 Å². The molecule has 1 aliphatic rings. The largest absolute Gasteiger partial charge is 0.459 e. The standard InChI is InChI=1S/C28H25ClN4O2S/c1-18-5-4-6-21(17-18)31-25(34)14-16-33-27(26(32-28(33)36)22-7-2-3-15-30-22)24-13-12-23(35-24)19-8-10-20(29)11-9-19/h2-13,15,17,26-27H,14,16H2,1H3,(H,31,34)(H,32,36)/t26-,27-/m0/s1. The van der Waals surface area contributed by atoms with Crippen LogP contribution in [-0.2, 0) is 4.79 Å². The van der Waals surface area contributed by atoms with Gasteiger partial charge in [-0.1, -0.05) is 29.8 Å². The summed E-state index contributed by atoms with van der Waals surface area (Å²) in [6, 6.07) is 24.5. The van der Waals surface area contributed by atoms with Crippen molar-refractivity contribution in [2.45, 2.75) is 25.4 Å². The number of aromatic nitrogens is 1. The van der Waals surface area contributed by atoms with Crippen LogP contribution in [0.25, 0.3) is 11.3 Å². The molecule has 0 spiro atoms. The van der Waals surface area contributed by atoms with Crippen LogP contribution < -0.4 is 10.6 Å². The lowest BCUT2D eigenvalue weighted by molar-refractivity contribution is -0.116. The molecular formula is C28H25ClN4O2S. The van der Waals surface area contributed by atoms with Crippen LogP contribution >= 0.6 is 23.8 Å². The molecule has 2 atom stereocenters. The number of amides is 1. The number of hydrogen-bond donors (Lipinski definition) is 2. The third kappa shape index (κ3) is 5.27. The monoisotopic (exact) mass is 516 g/mol. The first-order chi connectivity index (χ1) is 17.5. The van der Waals surface area contributed by atoms with E-state index in [1.165, 1.54) is 0 Å². The predicted molar refractivity (Wildman–Crippen MR) is 146 cm³/mol. The van der Waals surface area contributed by atoms with Crippen molar-refractivity contribution < 1.29 is 9.21 Å². The number of halogens is 1. The molecule has 2 aromatic carbocycles. The quantitative estimate of drug-likeness (QED) is 0.281. The minimum atomic E-state index is -0.264. The Labute approximate surface area is 220 Å². The fourth-order valence-corrected chi connectivity index (χ4v) is 4.86. The molecule has 1 saturated heterocycles. The molecule has 0 aliphatic carbocycles. The van der Waals surface area contributed by atoms with Crippen molar-refractivity contribution in [1.29, 1.82) is 0 Å². The molecule has 2 N–H and O–H groups in total.